The van der Waals surface area contributed by atoms with Crippen LogP contribution >= 0.6 is 0 Å². The number of carbonyl (C=O) groups is 1. The van der Waals surface area contributed by atoms with Crippen LogP contribution in [0.2, 0.25) is 0 Å². The molecular weight excluding hydrogens is 252 g/mol. The van der Waals surface area contributed by atoms with Gasteiger partial charge in [0.25, 0.3) is 0 Å². The van der Waals surface area contributed by atoms with E-state index in [-0.39, 0.29) is 11.7 Å². The molecule has 108 valence electrons. The zero-order valence-corrected chi connectivity index (χ0v) is 11.8. The molecule has 0 bridgehead atoms. The summed E-state index contributed by atoms with van der Waals surface area (Å²) in [5.74, 6) is 0. The Morgan fingerprint density at radius 3 is 2.90 bits per heavy atom. The van der Waals surface area contributed by atoms with Crippen molar-refractivity contribution in [1.82, 2.24) is 10.2 Å². The van der Waals surface area contributed by atoms with Crippen molar-refractivity contribution in [1.29, 1.82) is 0 Å². The average molecular weight is 274 g/mol. The summed E-state index contributed by atoms with van der Waals surface area (Å²) in [7, 11) is 0. The molecule has 1 amide bonds. The molecule has 4 heteroatoms. The molecule has 0 radical (unpaired) electrons. The summed E-state index contributed by atoms with van der Waals surface area (Å²) in [6, 6.07) is 10.3. The molecule has 0 saturated carbocycles. The fourth-order valence-corrected chi connectivity index (χ4v) is 3.14. The van der Waals surface area contributed by atoms with Gasteiger partial charge in [0, 0.05) is 13.0 Å². The van der Waals surface area contributed by atoms with Gasteiger partial charge in [0.15, 0.2) is 0 Å². The Balaban J connectivity index is 1.59. The molecule has 1 aromatic carbocycles. The zero-order valence-electron chi connectivity index (χ0n) is 11.8. The van der Waals surface area contributed by atoms with Crippen LogP contribution in [0.1, 0.15) is 24.8 Å². The first kappa shape index (κ1) is 13.4. The SMILES string of the molecule is O=C1OC2(CCCNCC2)CN1CCc1ccccc1. The van der Waals surface area contributed by atoms with Gasteiger partial charge in [-0.05, 0) is 37.9 Å². The van der Waals surface area contributed by atoms with Crippen molar-refractivity contribution >= 4 is 6.09 Å². The van der Waals surface area contributed by atoms with Gasteiger partial charge in [0.2, 0.25) is 0 Å². The van der Waals surface area contributed by atoms with E-state index >= 15 is 0 Å². The molecule has 1 aromatic rings. The summed E-state index contributed by atoms with van der Waals surface area (Å²) in [5, 5.41) is 3.38. The standard InChI is InChI=1S/C16H22N2O2/c19-15-18(12-7-14-5-2-1-3-6-14)13-16(20-15)8-4-10-17-11-9-16/h1-3,5-6,17H,4,7-13H2. The fraction of sp³-hybridized carbons (Fsp3) is 0.562. The predicted octanol–water partition coefficient (Wildman–Crippen LogP) is 2.19. The topological polar surface area (TPSA) is 41.6 Å². The molecule has 1 atom stereocenters. The lowest BCUT2D eigenvalue weighted by atomic mass is 9.95. The lowest BCUT2D eigenvalue weighted by molar-refractivity contribution is 0.0470. The molecule has 2 heterocycles. The van der Waals surface area contributed by atoms with E-state index in [1.165, 1.54) is 5.56 Å². The van der Waals surface area contributed by atoms with E-state index < -0.39 is 0 Å². The Labute approximate surface area is 120 Å². The van der Waals surface area contributed by atoms with Gasteiger partial charge >= 0.3 is 6.09 Å². The van der Waals surface area contributed by atoms with E-state index in [0.717, 1.165) is 51.9 Å². The molecule has 2 saturated heterocycles. The Morgan fingerprint density at radius 2 is 2.05 bits per heavy atom. The molecule has 2 fully saturated rings. The van der Waals surface area contributed by atoms with Crippen LogP contribution in [0, 0.1) is 0 Å². The Kier molecular flexibility index (Phi) is 3.92. The lowest BCUT2D eigenvalue weighted by Gasteiger charge is -2.24. The minimum Gasteiger partial charge on any atom is -0.441 e. The number of carbonyl (C=O) groups excluding carboxylic acids is 1. The number of amides is 1. The maximum atomic E-state index is 12.1. The molecule has 4 nitrogen and oxygen atoms in total. The third kappa shape index (κ3) is 2.96. The summed E-state index contributed by atoms with van der Waals surface area (Å²) in [6.45, 7) is 3.47. The third-order valence-electron chi connectivity index (χ3n) is 4.30. The normalized spacial score (nSPS) is 26.6. The highest BCUT2D eigenvalue weighted by atomic mass is 16.6. The van der Waals surface area contributed by atoms with E-state index in [2.05, 4.69) is 17.4 Å². The van der Waals surface area contributed by atoms with Crippen LogP contribution in [0.25, 0.3) is 0 Å². The molecule has 1 unspecified atom stereocenters. The van der Waals surface area contributed by atoms with Crippen LogP contribution in [0.3, 0.4) is 0 Å². The van der Waals surface area contributed by atoms with E-state index in [0.29, 0.717) is 0 Å². The summed E-state index contributed by atoms with van der Waals surface area (Å²) in [6.07, 6.45) is 3.75. The first-order chi connectivity index (χ1) is 9.77. The number of benzene rings is 1. The fourth-order valence-electron chi connectivity index (χ4n) is 3.14. The van der Waals surface area contributed by atoms with Crippen LogP contribution in [0.4, 0.5) is 4.79 Å². The van der Waals surface area contributed by atoms with Crippen molar-refractivity contribution in [2.45, 2.75) is 31.3 Å². The Morgan fingerprint density at radius 1 is 1.20 bits per heavy atom. The number of nitrogens with one attached hydrogen (secondary N) is 1. The number of rotatable bonds is 3. The minimum absolute atomic E-state index is 0.136. The summed E-state index contributed by atoms with van der Waals surface area (Å²) in [5.41, 5.74) is 1.03. The largest absolute Gasteiger partial charge is 0.441 e. The highest BCUT2D eigenvalue weighted by Gasteiger charge is 2.44. The van der Waals surface area contributed by atoms with Crippen molar-refractivity contribution in [2.24, 2.45) is 0 Å². The van der Waals surface area contributed by atoms with Crippen LogP contribution in [0.5, 0.6) is 0 Å². The maximum absolute atomic E-state index is 12.1. The molecule has 0 aliphatic carbocycles. The first-order valence-electron chi connectivity index (χ1n) is 7.50. The van der Waals surface area contributed by atoms with Gasteiger partial charge < -0.3 is 15.0 Å². The van der Waals surface area contributed by atoms with Gasteiger partial charge in [-0.25, -0.2) is 4.79 Å². The van der Waals surface area contributed by atoms with E-state index in [1.54, 1.807) is 0 Å². The molecule has 0 aromatic heterocycles. The summed E-state index contributed by atoms with van der Waals surface area (Å²) in [4.78, 5) is 13.9. The van der Waals surface area contributed by atoms with Gasteiger partial charge in [-0.3, -0.25) is 0 Å². The zero-order chi connectivity index (χ0) is 13.8. The highest BCUT2D eigenvalue weighted by Crippen LogP contribution is 2.31. The molecule has 2 aliphatic rings. The first-order valence-corrected chi connectivity index (χ1v) is 7.50. The summed E-state index contributed by atoms with van der Waals surface area (Å²) >= 11 is 0. The van der Waals surface area contributed by atoms with Crippen LogP contribution in [-0.2, 0) is 11.2 Å². The number of ether oxygens (including phenoxy) is 1. The summed E-state index contributed by atoms with van der Waals surface area (Å²) < 4.78 is 5.72. The second-order valence-corrected chi connectivity index (χ2v) is 5.81. The van der Waals surface area contributed by atoms with E-state index in [9.17, 15) is 4.79 Å². The predicted molar refractivity (Wildman–Crippen MR) is 77.7 cm³/mol. The molecule has 1 N–H and O–H groups in total. The average Bonchev–Trinajstić information content (AvgIpc) is 2.63. The number of hydrogen-bond acceptors (Lipinski definition) is 3. The monoisotopic (exact) mass is 274 g/mol. The molecule has 2 aliphatic heterocycles. The van der Waals surface area contributed by atoms with Crippen molar-refractivity contribution in [3.8, 4) is 0 Å². The quantitative estimate of drug-likeness (QED) is 0.918. The van der Waals surface area contributed by atoms with Crippen LogP contribution in [-0.4, -0.2) is 42.8 Å². The van der Waals surface area contributed by atoms with Gasteiger partial charge in [0.1, 0.15) is 5.60 Å². The van der Waals surface area contributed by atoms with Crippen molar-refractivity contribution in [3.05, 3.63) is 35.9 Å². The second kappa shape index (κ2) is 5.83. The van der Waals surface area contributed by atoms with Crippen LogP contribution < -0.4 is 5.32 Å². The minimum atomic E-state index is -0.239. The molecule has 1 spiro atoms. The highest BCUT2D eigenvalue weighted by molar-refractivity contribution is 5.70. The van der Waals surface area contributed by atoms with Gasteiger partial charge in [0.05, 0.1) is 6.54 Å². The van der Waals surface area contributed by atoms with Crippen molar-refractivity contribution < 1.29 is 9.53 Å². The van der Waals surface area contributed by atoms with Crippen molar-refractivity contribution in [2.75, 3.05) is 26.2 Å². The van der Waals surface area contributed by atoms with Gasteiger partial charge in [-0.2, -0.15) is 0 Å². The van der Waals surface area contributed by atoms with Crippen LogP contribution in [0.15, 0.2) is 30.3 Å². The van der Waals surface area contributed by atoms with Crippen molar-refractivity contribution in [3.63, 3.8) is 0 Å². The smallest absolute Gasteiger partial charge is 0.410 e. The second-order valence-electron chi connectivity index (χ2n) is 5.81. The molecular formula is C16H22N2O2. The van der Waals surface area contributed by atoms with Gasteiger partial charge in [-0.15, -0.1) is 0 Å². The molecule has 20 heavy (non-hydrogen) atoms. The Bertz CT molecular complexity index is 453. The lowest BCUT2D eigenvalue weighted by Crippen LogP contribution is -2.36. The number of nitrogens with zero attached hydrogens (tertiary/aromatic N) is 1. The van der Waals surface area contributed by atoms with E-state index in [1.807, 2.05) is 23.1 Å². The molecule has 3 rings (SSSR count). The van der Waals surface area contributed by atoms with Gasteiger partial charge in [-0.1, -0.05) is 30.3 Å². The third-order valence-corrected chi connectivity index (χ3v) is 4.30. The van der Waals surface area contributed by atoms with E-state index in [4.69, 9.17) is 4.74 Å². The number of hydrogen-bond donors (Lipinski definition) is 1. The maximum Gasteiger partial charge on any atom is 0.410 e. The Hall–Kier alpha value is -1.55.